The van der Waals surface area contributed by atoms with Crippen LogP contribution in [0.1, 0.15) is 22.3 Å². The molecule has 110 valence electrons. The maximum absolute atomic E-state index is 12.0. The largest absolute Gasteiger partial charge is 0.376 e. The third kappa shape index (κ3) is 4.09. The van der Waals surface area contributed by atoms with Crippen molar-refractivity contribution in [1.29, 1.82) is 0 Å². The lowest BCUT2D eigenvalue weighted by atomic mass is 10.1. The van der Waals surface area contributed by atoms with Crippen molar-refractivity contribution >= 4 is 17.3 Å². The van der Waals surface area contributed by atoms with Gasteiger partial charge in [-0.1, -0.05) is 12.1 Å². The Kier molecular flexibility index (Phi) is 4.63. The van der Waals surface area contributed by atoms with E-state index in [2.05, 4.69) is 43.5 Å². The Morgan fingerprint density at radius 3 is 1.90 bits per heavy atom. The zero-order valence-electron chi connectivity index (χ0n) is 13.1. The Hall–Kier alpha value is -2.29. The molecule has 0 saturated carbocycles. The maximum Gasteiger partial charge on any atom is 0.243 e. The summed E-state index contributed by atoms with van der Waals surface area (Å²) in [6.07, 6.45) is 0. The number of rotatable bonds is 4. The van der Waals surface area contributed by atoms with E-state index in [1.54, 1.807) is 0 Å². The van der Waals surface area contributed by atoms with E-state index in [4.69, 9.17) is 0 Å². The summed E-state index contributed by atoms with van der Waals surface area (Å²) >= 11 is 0. The SMILES string of the molecule is Cc1ccc(NCC(=O)Nc2ccc(C)c(C)c2)cc1C. The Bertz CT molecular complexity index is 662. The van der Waals surface area contributed by atoms with Gasteiger partial charge in [-0.3, -0.25) is 4.79 Å². The molecule has 2 N–H and O–H groups in total. The second-order valence-electron chi connectivity index (χ2n) is 5.50. The highest BCUT2D eigenvalue weighted by Gasteiger charge is 2.04. The lowest BCUT2D eigenvalue weighted by molar-refractivity contribution is -0.114. The van der Waals surface area contributed by atoms with Crippen molar-refractivity contribution in [3.05, 3.63) is 58.7 Å². The highest BCUT2D eigenvalue weighted by Crippen LogP contribution is 2.15. The fourth-order valence-corrected chi connectivity index (χ4v) is 2.06. The summed E-state index contributed by atoms with van der Waals surface area (Å²) in [6, 6.07) is 12.0. The Morgan fingerprint density at radius 2 is 1.33 bits per heavy atom. The summed E-state index contributed by atoms with van der Waals surface area (Å²) in [5.74, 6) is -0.0449. The average Bonchev–Trinajstić information content (AvgIpc) is 2.44. The van der Waals surface area contributed by atoms with Crippen molar-refractivity contribution in [2.24, 2.45) is 0 Å². The van der Waals surface area contributed by atoms with Crippen molar-refractivity contribution in [2.75, 3.05) is 17.2 Å². The molecule has 0 aromatic heterocycles. The first-order chi connectivity index (χ1) is 9.95. The van der Waals surface area contributed by atoms with Gasteiger partial charge in [0.05, 0.1) is 6.54 Å². The Labute approximate surface area is 126 Å². The average molecular weight is 282 g/mol. The van der Waals surface area contributed by atoms with Gasteiger partial charge in [0.2, 0.25) is 5.91 Å². The number of hydrogen-bond donors (Lipinski definition) is 2. The zero-order chi connectivity index (χ0) is 15.4. The van der Waals surface area contributed by atoms with Gasteiger partial charge in [0.15, 0.2) is 0 Å². The second kappa shape index (κ2) is 6.44. The molecule has 0 atom stereocenters. The summed E-state index contributed by atoms with van der Waals surface area (Å²) in [6.45, 7) is 8.50. The Morgan fingerprint density at radius 1 is 0.810 bits per heavy atom. The van der Waals surface area contributed by atoms with E-state index in [0.29, 0.717) is 0 Å². The zero-order valence-corrected chi connectivity index (χ0v) is 13.1. The molecule has 3 heteroatoms. The normalized spacial score (nSPS) is 10.3. The number of hydrogen-bond acceptors (Lipinski definition) is 2. The van der Waals surface area contributed by atoms with E-state index in [-0.39, 0.29) is 12.5 Å². The molecule has 21 heavy (non-hydrogen) atoms. The minimum absolute atomic E-state index is 0.0449. The lowest BCUT2D eigenvalue weighted by Crippen LogP contribution is -2.21. The van der Waals surface area contributed by atoms with Crippen LogP contribution in [0.15, 0.2) is 36.4 Å². The molecule has 0 spiro atoms. The van der Waals surface area contributed by atoms with E-state index in [9.17, 15) is 4.79 Å². The number of carbonyl (C=O) groups excluding carboxylic acids is 1. The summed E-state index contributed by atoms with van der Waals surface area (Å²) in [4.78, 5) is 12.0. The van der Waals surface area contributed by atoms with Crippen LogP contribution in [-0.4, -0.2) is 12.5 Å². The summed E-state index contributed by atoms with van der Waals surface area (Å²) < 4.78 is 0. The maximum atomic E-state index is 12.0. The third-order valence-electron chi connectivity index (χ3n) is 3.75. The standard InChI is InChI=1S/C18H22N2O/c1-12-5-7-16(9-14(12)3)19-11-18(21)20-17-8-6-13(2)15(4)10-17/h5-10,19H,11H2,1-4H3,(H,20,21). The van der Waals surface area contributed by atoms with Crippen molar-refractivity contribution in [1.82, 2.24) is 0 Å². The molecular weight excluding hydrogens is 260 g/mol. The second-order valence-corrected chi connectivity index (χ2v) is 5.50. The predicted octanol–water partition coefficient (Wildman–Crippen LogP) is 3.97. The Balaban J connectivity index is 1.92. The first-order valence-electron chi connectivity index (χ1n) is 7.14. The van der Waals surface area contributed by atoms with Crippen LogP contribution in [0.3, 0.4) is 0 Å². The molecule has 0 heterocycles. The monoisotopic (exact) mass is 282 g/mol. The van der Waals surface area contributed by atoms with Gasteiger partial charge in [0.1, 0.15) is 0 Å². The molecule has 0 radical (unpaired) electrons. The number of carbonyl (C=O) groups is 1. The van der Waals surface area contributed by atoms with E-state index >= 15 is 0 Å². The lowest BCUT2D eigenvalue weighted by Gasteiger charge is -2.10. The first-order valence-corrected chi connectivity index (χ1v) is 7.14. The minimum atomic E-state index is -0.0449. The molecule has 2 aromatic carbocycles. The van der Waals surface area contributed by atoms with Crippen molar-refractivity contribution in [3.8, 4) is 0 Å². The van der Waals surface area contributed by atoms with E-state index in [1.807, 2.05) is 31.2 Å². The van der Waals surface area contributed by atoms with Gasteiger partial charge in [-0.25, -0.2) is 0 Å². The highest BCUT2D eigenvalue weighted by atomic mass is 16.1. The van der Waals surface area contributed by atoms with Gasteiger partial charge < -0.3 is 10.6 Å². The molecule has 0 unspecified atom stereocenters. The van der Waals surface area contributed by atoms with E-state index < -0.39 is 0 Å². The molecular formula is C18H22N2O. The van der Waals surface area contributed by atoms with Crippen LogP contribution >= 0.6 is 0 Å². The van der Waals surface area contributed by atoms with Gasteiger partial charge in [-0.05, 0) is 74.2 Å². The molecule has 3 nitrogen and oxygen atoms in total. The highest BCUT2D eigenvalue weighted by molar-refractivity contribution is 5.93. The van der Waals surface area contributed by atoms with Crippen LogP contribution < -0.4 is 10.6 Å². The van der Waals surface area contributed by atoms with Gasteiger partial charge in [0.25, 0.3) is 0 Å². The molecule has 0 aliphatic rings. The summed E-state index contributed by atoms with van der Waals surface area (Å²) in [7, 11) is 0. The van der Waals surface area contributed by atoms with Crippen LogP contribution in [0, 0.1) is 27.7 Å². The topological polar surface area (TPSA) is 41.1 Å². The summed E-state index contributed by atoms with van der Waals surface area (Å²) in [5.41, 5.74) is 6.67. The molecule has 0 bridgehead atoms. The van der Waals surface area contributed by atoms with Gasteiger partial charge in [-0.15, -0.1) is 0 Å². The quantitative estimate of drug-likeness (QED) is 0.891. The van der Waals surface area contributed by atoms with Gasteiger partial charge in [-0.2, -0.15) is 0 Å². The molecule has 1 amide bonds. The molecule has 2 rings (SSSR count). The molecule has 0 aliphatic carbocycles. The van der Waals surface area contributed by atoms with Crippen LogP contribution in [0.2, 0.25) is 0 Å². The summed E-state index contributed by atoms with van der Waals surface area (Å²) in [5, 5.41) is 6.05. The fourth-order valence-electron chi connectivity index (χ4n) is 2.06. The van der Waals surface area contributed by atoms with Crippen LogP contribution in [0.5, 0.6) is 0 Å². The molecule has 0 aliphatic heterocycles. The van der Waals surface area contributed by atoms with Gasteiger partial charge >= 0.3 is 0 Å². The van der Waals surface area contributed by atoms with E-state index in [1.165, 1.54) is 22.3 Å². The number of benzene rings is 2. The molecule has 2 aromatic rings. The van der Waals surface area contributed by atoms with Crippen molar-refractivity contribution in [3.63, 3.8) is 0 Å². The van der Waals surface area contributed by atoms with Crippen LogP contribution in [0.4, 0.5) is 11.4 Å². The molecule has 0 saturated heterocycles. The molecule has 0 fully saturated rings. The predicted molar refractivity (Wildman–Crippen MR) is 89.0 cm³/mol. The van der Waals surface area contributed by atoms with Gasteiger partial charge in [0, 0.05) is 11.4 Å². The van der Waals surface area contributed by atoms with Crippen molar-refractivity contribution in [2.45, 2.75) is 27.7 Å². The van der Waals surface area contributed by atoms with Crippen LogP contribution in [0.25, 0.3) is 0 Å². The first kappa shape index (κ1) is 15.1. The minimum Gasteiger partial charge on any atom is -0.376 e. The number of nitrogens with one attached hydrogen (secondary N) is 2. The smallest absolute Gasteiger partial charge is 0.243 e. The number of anilines is 2. The van der Waals surface area contributed by atoms with Crippen molar-refractivity contribution < 1.29 is 4.79 Å². The third-order valence-corrected chi connectivity index (χ3v) is 3.75. The fraction of sp³-hybridized carbons (Fsp3) is 0.278. The van der Waals surface area contributed by atoms with Crippen LogP contribution in [-0.2, 0) is 4.79 Å². The van der Waals surface area contributed by atoms with E-state index in [0.717, 1.165) is 11.4 Å². The number of amides is 1. The number of aryl methyl sites for hydroxylation is 4.